The minimum absolute atomic E-state index is 0.000309. The molecule has 4 rings (SSSR count). The van der Waals surface area contributed by atoms with Gasteiger partial charge < -0.3 is 5.32 Å². The van der Waals surface area contributed by atoms with Crippen LogP contribution < -0.4 is 5.32 Å². The molecule has 0 bridgehead atoms. The van der Waals surface area contributed by atoms with Crippen LogP contribution >= 0.6 is 22.9 Å². The monoisotopic (exact) mass is 385 g/mol. The maximum Gasteiger partial charge on any atom is 0.238 e. The molecular weight excluding hydrogens is 366 g/mol. The first-order valence-corrected chi connectivity index (χ1v) is 10.0. The van der Waals surface area contributed by atoms with E-state index in [1.165, 1.54) is 11.1 Å². The van der Waals surface area contributed by atoms with Crippen LogP contribution in [0.1, 0.15) is 30.3 Å². The van der Waals surface area contributed by atoms with Gasteiger partial charge in [-0.15, -0.1) is 11.3 Å². The second-order valence-electron chi connectivity index (χ2n) is 6.56. The Morgan fingerprint density at radius 3 is 2.81 bits per heavy atom. The zero-order valence-electron chi connectivity index (χ0n) is 14.3. The highest BCUT2D eigenvalue weighted by molar-refractivity contribution is 7.18. The summed E-state index contributed by atoms with van der Waals surface area (Å²) in [6, 6.07) is 15.6. The average molecular weight is 386 g/mol. The molecule has 1 atom stereocenters. The molecule has 2 aromatic carbocycles. The predicted molar refractivity (Wildman–Crippen MR) is 108 cm³/mol. The molecule has 0 spiro atoms. The van der Waals surface area contributed by atoms with E-state index in [0.29, 0.717) is 11.6 Å². The Morgan fingerprint density at radius 1 is 1.19 bits per heavy atom. The Balaban J connectivity index is 1.48. The minimum atomic E-state index is 0.000309. The molecule has 1 aliphatic heterocycles. The van der Waals surface area contributed by atoms with Crippen molar-refractivity contribution in [3.8, 4) is 0 Å². The summed E-state index contributed by atoms with van der Waals surface area (Å²) in [4.78, 5) is 19.6. The van der Waals surface area contributed by atoms with Crippen LogP contribution in [-0.4, -0.2) is 28.9 Å². The van der Waals surface area contributed by atoms with Crippen molar-refractivity contribution in [1.82, 2.24) is 9.88 Å². The van der Waals surface area contributed by atoms with Gasteiger partial charge in [0.1, 0.15) is 5.01 Å². The number of likely N-dealkylation sites (tertiary alicyclic amines) is 1. The maximum atomic E-state index is 12.5. The first kappa shape index (κ1) is 17.5. The van der Waals surface area contributed by atoms with Gasteiger partial charge in [-0.3, -0.25) is 9.69 Å². The highest BCUT2D eigenvalue weighted by Gasteiger charge is 2.28. The van der Waals surface area contributed by atoms with Gasteiger partial charge in [-0.1, -0.05) is 30.2 Å². The van der Waals surface area contributed by atoms with Crippen LogP contribution in [0.5, 0.6) is 0 Å². The second kappa shape index (κ2) is 7.74. The van der Waals surface area contributed by atoms with E-state index in [9.17, 15) is 4.79 Å². The number of amides is 1. The van der Waals surface area contributed by atoms with E-state index in [-0.39, 0.29) is 11.9 Å². The molecule has 3 aromatic rings. The molecule has 2 heterocycles. The molecule has 1 amide bonds. The number of rotatable bonds is 4. The summed E-state index contributed by atoms with van der Waals surface area (Å²) >= 11 is 7.64. The molecule has 0 unspecified atom stereocenters. The number of carbonyl (C=O) groups excluding carboxylic acids is 1. The fourth-order valence-corrected chi connectivity index (χ4v) is 4.67. The number of carbonyl (C=O) groups is 1. The molecule has 1 aromatic heterocycles. The third-order valence-electron chi connectivity index (χ3n) is 4.68. The lowest BCUT2D eigenvalue weighted by Crippen LogP contribution is -2.39. The van der Waals surface area contributed by atoms with Gasteiger partial charge in [0.25, 0.3) is 0 Å². The summed E-state index contributed by atoms with van der Waals surface area (Å²) in [6.45, 7) is 1.30. The molecule has 1 aliphatic rings. The first-order valence-electron chi connectivity index (χ1n) is 8.84. The summed E-state index contributed by atoms with van der Waals surface area (Å²) in [5.41, 5.74) is 1.82. The van der Waals surface area contributed by atoms with Crippen molar-refractivity contribution in [2.24, 2.45) is 0 Å². The van der Waals surface area contributed by atoms with Gasteiger partial charge in [0.2, 0.25) is 5.91 Å². The number of hydrogen-bond acceptors (Lipinski definition) is 4. The molecular formula is C20H20ClN3OS. The van der Waals surface area contributed by atoms with E-state index >= 15 is 0 Å². The van der Waals surface area contributed by atoms with E-state index in [1.807, 2.05) is 24.3 Å². The van der Waals surface area contributed by atoms with Crippen LogP contribution in [0.3, 0.4) is 0 Å². The Labute approximate surface area is 161 Å². The molecule has 4 nitrogen and oxygen atoms in total. The van der Waals surface area contributed by atoms with Crippen LogP contribution in [0.25, 0.3) is 10.2 Å². The summed E-state index contributed by atoms with van der Waals surface area (Å²) in [5.74, 6) is 0.000309. The molecule has 0 radical (unpaired) electrons. The number of thiazole rings is 1. The summed E-state index contributed by atoms with van der Waals surface area (Å²) in [5, 5.41) is 4.74. The average Bonchev–Trinajstić information content (AvgIpc) is 3.08. The Bertz CT molecular complexity index is 876. The summed E-state index contributed by atoms with van der Waals surface area (Å²) in [7, 11) is 0. The Kier molecular flexibility index (Phi) is 5.20. The molecule has 1 saturated heterocycles. The minimum Gasteiger partial charge on any atom is -0.325 e. The lowest BCUT2D eigenvalue weighted by Gasteiger charge is -2.33. The lowest BCUT2D eigenvalue weighted by molar-refractivity contribution is -0.118. The van der Waals surface area contributed by atoms with Crippen molar-refractivity contribution in [2.45, 2.75) is 25.3 Å². The van der Waals surface area contributed by atoms with Crippen LogP contribution in [0.2, 0.25) is 5.02 Å². The normalized spacial score (nSPS) is 18.1. The fourth-order valence-electron chi connectivity index (χ4n) is 3.41. The molecule has 1 N–H and O–H groups in total. The molecule has 134 valence electrons. The number of nitrogens with one attached hydrogen (secondary N) is 1. The van der Waals surface area contributed by atoms with E-state index < -0.39 is 0 Å². The summed E-state index contributed by atoms with van der Waals surface area (Å²) < 4.78 is 1.21. The molecule has 0 aliphatic carbocycles. The fraction of sp³-hybridized carbons (Fsp3) is 0.300. The second-order valence-corrected chi connectivity index (χ2v) is 8.06. The molecule has 6 heteroatoms. The van der Waals surface area contributed by atoms with Crippen molar-refractivity contribution >= 4 is 44.7 Å². The number of para-hydroxylation sites is 1. The first-order chi connectivity index (χ1) is 12.7. The Hall–Kier alpha value is -1.95. The number of nitrogens with zero attached hydrogens (tertiary/aromatic N) is 2. The van der Waals surface area contributed by atoms with Gasteiger partial charge in [0, 0.05) is 10.7 Å². The van der Waals surface area contributed by atoms with Gasteiger partial charge in [0.05, 0.1) is 22.8 Å². The number of halogens is 1. The van der Waals surface area contributed by atoms with Crippen molar-refractivity contribution in [1.29, 1.82) is 0 Å². The van der Waals surface area contributed by atoms with Gasteiger partial charge in [-0.2, -0.15) is 0 Å². The SMILES string of the molecule is O=C(CN1CCCC[C@H]1c1nc2ccccc2s1)Nc1ccc(Cl)cc1. The van der Waals surface area contributed by atoms with Crippen LogP contribution in [0.15, 0.2) is 48.5 Å². The number of benzene rings is 2. The van der Waals surface area contributed by atoms with E-state index in [2.05, 4.69) is 22.3 Å². The van der Waals surface area contributed by atoms with Crippen molar-refractivity contribution in [2.75, 3.05) is 18.4 Å². The van der Waals surface area contributed by atoms with Gasteiger partial charge in [0.15, 0.2) is 0 Å². The van der Waals surface area contributed by atoms with Gasteiger partial charge in [-0.25, -0.2) is 4.98 Å². The number of piperidine rings is 1. The van der Waals surface area contributed by atoms with Gasteiger partial charge in [-0.05, 0) is 55.8 Å². The van der Waals surface area contributed by atoms with Crippen LogP contribution in [0, 0.1) is 0 Å². The standard InChI is InChI=1S/C20H20ClN3OS/c21-14-8-10-15(11-9-14)22-19(25)13-24-12-4-3-6-17(24)20-23-16-5-1-2-7-18(16)26-20/h1-2,5,7-11,17H,3-4,6,12-13H2,(H,22,25)/t17-/m0/s1. The van der Waals surface area contributed by atoms with E-state index in [0.717, 1.165) is 35.6 Å². The topological polar surface area (TPSA) is 45.2 Å². The largest absolute Gasteiger partial charge is 0.325 e. The number of anilines is 1. The lowest BCUT2D eigenvalue weighted by atomic mass is 10.0. The maximum absolute atomic E-state index is 12.5. The third kappa shape index (κ3) is 3.90. The Morgan fingerprint density at radius 2 is 2.00 bits per heavy atom. The zero-order valence-corrected chi connectivity index (χ0v) is 15.9. The van der Waals surface area contributed by atoms with Crippen molar-refractivity contribution in [3.63, 3.8) is 0 Å². The van der Waals surface area contributed by atoms with Crippen molar-refractivity contribution in [3.05, 3.63) is 58.6 Å². The predicted octanol–water partition coefficient (Wildman–Crippen LogP) is 5.12. The molecule has 0 saturated carbocycles. The quantitative estimate of drug-likeness (QED) is 0.678. The van der Waals surface area contributed by atoms with E-state index in [1.54, 1.807) is 23.5 Å². The number of hydrogen-bond donors (Lipinski definition) is 1. The van der Waals surface area contributed by atoms with Crippen molar-refractivity contribution < 1.29 is 4.79 Å². The highest BCUT2D eigenvalue weighted by atomic mass is 35.5. The molecule has 1 fully saturated rings. The summed E-state index contributed by atoms with van der Waals surface area (Å²) in [6.07, 6.45) is 3.35. The van der Waals surface area contributed by atoms with E-state index in [4.69, 9.17) is 16.6 Å². The third-order valence-corrected chi connectivity index (χ3v) is 6.07. The number of aromatic nitrogens is 1. The van der Waals surface area contributed by atoms with Crippen LogP contribution in [0.4, 0.5) is 5.69 Å². The van der Waals surface area contributed by atoms with Gasteiger partial charge >= 0.3 is 0 Å². The smallest absolute Gasteiger partial charge is 0.238 e. The zero-order chi connectivity index (χ0) is 17.9. The highest BCUT2D eigenvalue weighted by Crippen LogP contribution is 2.35. The number of fused-ring (bicyclic) bond motifs is 1. The van der Waals surface area contributed by atoms with Crippen LogP contribution in [-0.2, 0) is 4.79 Å². The molecule has 26 heavy (non-hydrogen) atoms.